The lowest BCUT2D eigenvalue weighted by Crippen LogP contribution is -2.33. The van der Waals surface area contributed by atoms with Crippen LogP contribution in [0.15, 0.2) is 24.3 Å². The Kier molecular flexibility index (Phi) is 4.62. The summed E-state index contributed by atoms with van der Waals surface area (Å²) in [5.41, 5.74) is 2.33. The summed E-state index contributed by atoms with van der Waals surface area (Å²) in [5, 5.41) is 0. The Morgan fingerprint density at radius 1 is 1.26 bits per heavy atom. The van der Waals surface area contributed by atoms with E-state index in [0.717, 1.165) is 18.7 Å². The molecule has 0 aromatic heterocycles. The van der Waals surface area contributed by atoms with Crippen molar-refractivity contribution in [3.8, 4) is 0 Å². The fraction of sp³-hybridized carbons (Fsp3) is 0.588. The summed E-state index contributed by atoms with van der Waals surface area (Å²) >= 11 is 0. The van der Waals surface area contributed by atoms with Crippen LogP contribution in [0.5, 0.6) is 0 Å². The molecule has 19 heavy (non-hydrogen) atoms. The number of benzene rings is 1. The minimum Gasteiger partial charge on any atom is -0.311 e. The van der Waals surface area contributed by atoms with E-state index in [1.165, 1.54) is 24.8 Å². The molecule has 0 saturated heterocycles. The van der Waals surface area contributed by atoms with Gasteiger partial charge in [0.2, 0.25) is 5.91 Å². The van der Waals surface area contributed by atoms with E-state index < -0.39 is 0 Å². The molecule has 104 valence electrons. The number of hydrogen-bond donors (Lipinski definition) is 0. The zero-order valence-corrected chi connectivity index (χ0v) is 12.4. The lowest BCUT2D eigenvalue weighted by atomic mass is 9.98. The fourth-order valence-electron chi connectivity index (χ4n) is 2.95. The van der Waals surface area contributed by atoms with Gasteiger partial charge in [0, 0.05) is 12.2 Å². The highest BCUT2D eigenvalue weighted by atomic mass is 16.2. The molecule has 2 atom stereocenters. The summed E-state index contributed by atoms with van der Waals surface area (Å²) in [6.45, 7) is 7.37. The number of carbonyl (C=O) groups excluding carboxylic acids is 1. The monoisotopic (exact) mass is 259 g/mol. The predicted octanol–water partition coefficient (Wildman–Crippen LogP) is 4.35. The Morgan fingerprint density at radius 2 is 2.00 bits per heavy atom. The van der Waals surface area contributed by atoms with Gasteiger partial charge in [0.1, 0.15) is 0 Å². The molecule has 0 bridgehead atoms. The Bertz CT molecular complexity index is 441. The second kappa shape index (κ2) is 6.23. The van der Waals surface area contributed by atoms with Crippen molar-refractivity contribution in [2.24, 2.45) is 5.92 Å². The molecule has 0 aliphatic carbocycles. The number of para-hydroxylation sites is 1. The highest BCUT2D eigenvalue weighted by Gasteiger charge is 2.34. The van der Waals surface area contributed by atoms with Crippen molar-refractivity contribution in [2.75, 3.05) is 11.4 Å². The lowest BCUT2D eigenvalue weighted by molar-refractivity contribution is -0.119. The van der Waals surface area contributed by atoms with Gasteiger partial charge in [0.05, 0.1) is 5.92 Å². The van der Waals surface area contributed by atoms with E-state index in [1.807, 2.05) is 24.0 Å². The van der Waals surface area contributed by atoms with Crippen molar-refractivity contribution in [1.82, 2.24) is 0 Å². The quantitative estimate of drug-likeness (QED) is 0.743. The van der Waals surface area contributed by atoms with Gasteiger partial charge < -0.3 is 4.90 Å². The van der Waals surface area contributed by atoms with E-state index in [2.05, 4.69) is 26.0 Å². The summed E-state index contributed by atoms with van der Waals surface area (Å²) in [7, 11) is 0. The van der Waals surface area contributed by atoms with Crippen molar-refractivity contribution < 1.29 is 4.79 Å². The Morgan fingerprint density at radius 3 is 2.68 bits per heavy atom. The Hall–Kier alpha value is -1.31. The second-order valence-corrected chi connectivity index (χ2v) is 5.65. The van der Waals surface area contributed by atoms with Crippen LogP contribution in [0.25, 0.3) is 0 Å². The van der Waals surface area contributed by atoms with E-state index in [-0.39, 0.29) is 11.8 Å². The van der Waals surface area contributed by atoms with Crippen molar-refractivity contribution >= 4 is 11.6 Å². The number of amides is 1. The lowest BCUT2D eigenvalue weighted by Gasteiger charge is -2.24. The third-order valence-corrected chi connectivity index (χ3v) is 4.31. The number of carbonyl (C=O) groups is 1. The maximum Gasteiger partial charge on any atom is 0.234 e. The van der Waals surface area contributed by atoms with Gasteiger partial charge in [-0.2, -0.15) is 0 Å². The fourth-order valence-corrected chi connectivity index (χ4v) is 2.95. The first-order chi connectivity index (χ1) is 9.19. The molecule has 0 radical (unpaired) electrons. The Balaban J connectivity index is 2.14. The first-order valence-electron chi connectivity index (χ1n) is 7.59. The molecule has 2 rings (SSSR count). The molecule has 0 saturated carbocycles. The van der Waals surface area contributed by atoms with Crippen LogP contribution in [0.3, 0.4) is 0 Å². The van der Waals surface area contributed by atoms with E-state index >= 15 is 0 Å². The average molecular weight is 259 g/mol. The van der Waals surface area contributed by atoms with Crippen LogP contribution in [-0.4, -0.2) is 12.5 Å². The minimum atomic E-state index is 0.0277. The van der Waals surface area contributed by atoms with E-state index in [4.69, 9.17) is 0 Å². The number of rotatable bonds is 6. The summed E-state index contributed by atoms with van der Waals surface area (Å²) in [6.07, 6.45) is 4.88. The molecule has 0 N–H and O–H groups in total. The van der Waals surface area contributed by atoms with E-state index in [0.29, 0.717) is 5.92 Å². The number of anilines is 1. The molecule has 1 amide bonds. The maximum atomic E-state index is 12.4. The molecule has 0 spiro atoms. The van der Waals surface area contributed by atoms with E-state index in [9.17, 15) is 4.79 Å². The standard InChI is InChI=1S/C17H25NO/c1-4-6-9-14(5-2)12-18-16-11-8-7-10-15(16)13(3)17(18)19/h7-8,10-11,13-14H,4-6,9,12H2,1-3H3. The van der Waals surface area contributed by atoms with Gasteiger partial charge in [0.15, 0.2) is 0 Å². The highest BCUT2D eigenvalue weighted by molar-refractivity contribution is 6.04. The van der Waals surface area contributed by atoms with Crippen LogP contribution < -0.4 is 4.90 Å². The van der Waals surface area contributed by atoms with Gasteiger partial charge in [-0.1, -0.05) is 51.3 Å². The molecule has 1 aliphatic rings. The van der Waals surface area contributed by atoms with E-state index in [1.54, 1.807) is 0 Å². The van der Waals surface area contributed by atoms with Crippen molar-refractivity contribution in [2.45, 2.75) is 52.4 Å². The Labute approximate surface area is 116 Å². The first-order valence-corrected chi connectivity index (χ1v) is 7.59. The second-order valence-electron chi connectivity index (χ2n) is 5.65. The number of nitrogens with zero attached hydrogens (tertiary/aromatic N) is 1. The summed E-state index contributed by atoms with van der Waals surface area (Å²) in [5.74, 6) is 0.929. The van der Waals surface area contributed by atoms with Crippen LogP contribution in [-0.2, 0) is 4.79 Å². The van der Waals surface area contributed by atoms with Gasteiger partial charge >= 0.3 is 0 Å². The molecule has 1 aliphatic heterocycles. The third-order valence-electron chi connectivity index (χ3n) is 4.31. The van der Waals surface area contributed by atoms with Crippen LogP contribution in [0.2, 0.25) is 0 Å². The molecular formula is C17H25NO. The third kappa shape index (κ3) is 2.83. The largest absolute Gasteiger partial charge is 0.311 e. The van der Waals surface area contributed by atoms with Gasteiger partial charge in [-0.05, 0) is 30.9 Å². The molecule has 0 fully saturated rings. The highest BCUT2D eigenvalue weighted by Crippen LogP contribution is 2.37. The van der Waals surface area contributed by atoms with Crippen LogP contribution >= 0.6 is 0 Å². The number of unbranched alkanes of at least 4 members (excludes halogenated alkanes) is 1. The molecule has 2 nitrogen and oxygen atoms in total. The minimum absolute atomic E-state index is 0.0277. The van der Waals surface area contributed by atoms with Crippen LogP contribution in [0.1, 0.15) is 57.9 Å². The summed E-state index contributed by atoms with van der Waals surface area (Å²) in [4.78, 5) is 14.4. The van der Waals surface area contributed by atoms with Crippen LogP contribution in [0, 0.1) is 5.92 Å². The normalized spacial score (nSPS) is 19.6. The predicted molar refractivity (Wildman–Crippen MR) is 80.5 cm³/mol. The number of fused-ring (bicyclic) bond motifs is 1. The van der Waals surface area contributed by atoms with Crippen LogP contribution in [0.4, 0.5) is 5.69 Å². The molecule has 1 heterocycles. The van der Waals surface area contributed by atoms with Gasteiger partial charge in [-0.25, -0.2) is 0 Å². The maximum absolute atomic E-state index is 12.4. The zero-order valence-electron chi connectivity index (χ0n) is 12.4. The van der Waals surface area contributed by atoms with Crippen molar-refractivity contribution in [3.05, 3.63) is 29.8 Å². The summed E-state index contributed by atoms with van der Waals surface area (Å²) < 4.78 is 0. The smallest absolute Gasteiger partial charge is 0.234 e. The van der Waals surface area contributed by atoms with Crippen molar-refractivity contribution in [1.29, 1.82) is 0 Å². The zero-order chi connectivity index (χ0) is 13.8. The van der Waals surface area contributed by atoms with Crippen molar-refractivity contribution in [3.63, 3.8) is 0 Å². The average Bonchev–Trinajstić information content (AvgIpc) is 2.68. The molecular weight excluding hydrogens is 234 g/mol. The molecule has 1 aromatic carbocycles. The van der Waals surface area contributed by atoms with Gasteiger partial charge in [-0.15, -0.1) is 0 Å². The first kappa shape index (κ1) is 14.1. The molecule has 2 heteroatoms. The van der Waals surface area contributed by atoms with Gasteiger partial charge in [0.25, 0.3) is 0 Å². The number of hydrogen-bond acceptors (Lipinski definition) is 1. The van der Waals surface area contributed by atoms with Gasteiger partial charge in [-0.3, -0.25) is 4.79 Å². The SMILES string of the molecule is CCCCC(CC)CN1C(=O)C(C)c2ccccc21. The summed E-state index contributed by atoms with van der Waals surface area (Å²) in [6, 6.07) is 8.23. The molecule has 2 unspecified atom stereocenters. The topological polar surface area (TPSA) is 20.3 Å². The molecule has 1 aromatic rings.